The van der Waals surface area contributed by atoms with Crippen LogP contribution in [0.1, 0.15) is 11.4 Å². The summed E-state index contributed by atoms with van der Waals surface area (Å²) in [6.45, 7) is 4.59. The minimum Gasteiger partial charge on any atom is -0.378 e. The van der Waals surface area contributed by atoms with Crippen LogP contribution in [0, 0.1) is 0 Å². The molecular weight excluding hydrogens is 461 g/mol. The fraction of sp³-hybridized carbons (Fsp3) is 0.778. The van der Waals surface area contributed by atoms with Gasteiger partial charge in [0.15, 0.2) is 0 Å². The summed E-state index contributed by atoms with van der Waals surface area (Å²) in [5.74, 6) is 8.12. The predicted octanol–water partition coefficient (Wildman–Crippen LogP) is 2.55. The molecule has 0 atom stereocenters. The molecule has 4 bridgehead atoms. The molecule has 1 aliphatic rings. The van der Waals surface area contributed by atoms with Gasteiger partial charge in [-0.2, -0.15) is 47.0 Å². The van der Waals surface area contributed by atoms with E-state index in [0.717, 1.165) is 83.7 Å². The Hall–Kier alpha value is -0.400. The van der Waals surface area contributed by atoms with Crippen LogP contribution in [-0.4, -0.2) is 90.9 Å². The van der Waals surface area contributed by atoms with E-state index in [1.165, 1.54) is 0 Å². The maximum atomic E-state index is 5.63. The van der Waals surface area contributed by atoms with Gasteiger partial charge in [0.25, 0.3) is 0 Å². The summed E-state index contributed by atoms with van der Waals surface area (Å²) in [5.41, 5.74) is 2.08. The minimum atomic E-state index is 0.644. The number of hydrogen-bond acceptors (Lipinski definition) is 10. The standard InChI is InChI=1S/C18H30N6O2S4/c1-7-27-11-12-28-8-2-24-14-18(20-22-24)16-30-10-6-26-4-3-25-5-9-29-15-17-13-23(1)21-19-17/h13-14H,1-12,15-16H2. The number of ether oxygens (including phenoxy) is 2. The van der Waals surface area contributed by atoms with E-state index in [4.69, 9.17) is 9.47 Å². The highest BCUT2D eigenvalue weighted by Crippen LogP contribution is 2.12. The summed E-state index contributed by atoms with van der Waals surface area (Å²) < 4.78 is 15.2. The smallest absolute Gasteiger partial charge is 0.0925 e. The molecule has 8 nitrogen and oxygen atoms in total. The first-order valence-corrected chi connectivity index (χ1v) is 14.8. The van der Waals surface area contributed by atoms with Crippen molar-refractivity contribution >= 4 is 47.0 Å². The summed E-state index contributed by atoms with van der Waals surface area (Å²) in [6.07, 6.45) is 4.12. The topological polar surface area (TPSA) is 79.9 Å². The van der Waals surface area contributed by atoms with Crippen molar-refractivity contribution in [1.29, 1.82) is 0 Å². The molecule has 0 saturated heterocycles. The molecule has 0 unspecified atom stereocenters. The van der Waals surface area contributed by atoms with E-state index < -0.39 is 0 Å². The van der Waals surface area contributed by atoms with Gasteiger partial charge in [-0.15, -0.1) is 10.2 Å². The Morgan fingerprint density at radius 2 is 1.10 bits per heavy atom. The van der Waals surface area contributed by atoms with Gasteiger partial charge in [0.05, 0.1) is 50.9 Å². The van der Waals surface area contributed by atoms with E-state index in [9.17, 15) is 0 Å². The van der Waals surface area contributed by atoms with E-state index in [0.29, 0.717) is 13.2 Å². The molecule has 168 valence electrons. The summed E-state index contributed by atoms with van der Waals surface area (Å²) in [7, 11) is 0. The molecule has 0 aromatic carbocycles. The Bertz CT molecular complexity index is 644. The molecular formula is C18H30N6O2S4. The molecule has 30 heavy (non-hydrogen) atoms. The highest BCUT2D eigenvalue weighted by Gasteiger charge is 2.03. The highest BCUT2D eigenvalue weighted by atomic mass is 32.2. The molecule has 0 spiro atoms. The molecule has 3 heterocycles. The fourth-order valence-electron chi connectivity index (χ4n) is 2.58. The van der Waals surface area contributed by atoms with Gasteiger partial charge < -0.3 is 9.47 Å². The molecule has 3 rings (SSSR count). The molecule has 12 heteroatoms. The monoisotopic (exact) mass is 490 g/mol. The molecule has 0 N–H and O–H groups in total. The molecule has 2 aromatic rings. The third-order valence-corrected chi connectivity index (χ3v) is 8.19. The summed E-state index contributed by atoms with van der Waals surface area (Å²) in [4.78, 5) is 0. The van der Waals surface area contributed by atoms with E-state index >= 15 is 0 Å². The average molecular weight is 491 g/mol. The van der Waals surface area contributed by atoms with E-state index in [1.807, 2.05) is 56.4 Å². The maximum Gasteiger partial charge on any atom is 0.0925 e. The van der Waals surface area contributed by atoms with Gasteiger partial charge in [-0.05, 0) is 0 Å². The summed E-state index contributed by atoms with van der Waals surface area (Å²) in [5, 5.41) is 17.0. The number of nitrogens with zero attached hydrogens (tertiary/aromatic N) is 6. The second-order valence-corrected chi connectivity index (χ2v) is 11.2. The van der Waals surface area contributed by atoms with Gasteiger partial charge in [0, 0.05) is 58.4 Å². The Morgan fingerprint density at radius 3 is 1.60 bits per heavy atom. The van der Waals surface area contributed by atoms with E-state index in [2.05, 4.69) is 33.0 Å². The van der Waals surface area contributed by atoms with Gasteiger partial charge in [-0.3, -0.25) is 9.36 Å². The number of aryl methyl sites for hydroxylation is 2. The van der Waals surface area contributed by atoms with Crippen molar-refractivity contribution in [1.82, 2.24) is 30.0 Å². The quantitative estimate of drug-likeness (QED) is 0.549. The number of hydrogen-bond donors (Lipinski definition) is 0. The zero-order valence-electron chi connectivity index (χ0n) is 17.2. The van der Waals surface area contributed by atoms with Crippen LogP contribution in [0.5, 0.6) is 0 Å². The molecule has 0 amide bonds. The van der Waals surface area contributed by atoms with Crippen molar-refractivity contribution in [2.24, 2.45) is 0 Å². The molecule has 0 fully saturated rings. The van der Waals surface area contributed by atoms with Crippen molar-refractivity contribution in [2.75, 3.05) is 60.9 Å². The zero-order chi connectivity index (χ0) is 20.7. The fourth-order valence-corrected chi connectivity index (χ4v) is 6.00. The predicted molar refractivity (Wildman–Crippen MR) is 129 cm³/mol. The van der Waals surface area contributed by atoms with E-state index in [-0.39, 0.29) is 0 Å². The van der Waals surface area contributed by atoms with Crippen LogP contribution < -0.4 is 0 Å². The lowest BCUT2D eigenvalue weighted by Crippen LogP contribution is -2.08. The molecule has 0 radical (unpaired) electrons. The lowest BCUT2D eigenvalue weighted by Gasteiger charge is -2.05. The number of thioether (sulfide) groups is 4. The summed E-state index contributed by atoms with van der Waals surface area (Å²) in [6, 6.07) is 0. The molecule has 2 aromatic heterocycles. The largest absolute Gasteiger partial charge is 0.378 e. The minimum absolute atomic E-state index is 0.644. The maximum absolute atomic E-state index is 5.63. The van der Waals surface area contributed by atoms with Crippen LogP contribution in [0.4, 0.5) is 0 Å². The first-order chi connectivity index (χ1) is 14.9. The average Bonchev–Trinajstić information content (AvgIpc) is 3.39. The molecule has 0 aliphatic carbocycles. The normalized spacial score (nSPS) is 20.0. The Morgan fingerprint density at radius 1 is 0.600 bits per heavy atom. The van der Waals surface area contributed by atoms with Gasteiger partial charge in [-0.25, -0.2) is 0 Å². The van der Waals surface area contributed by atoms with Crippen LogP contribution >= 0.6 is 47.0 Å². The Balaban J connectivity index is 1.37. The number of aromatic nitrogens is 6. The third-order valence-electron chi connectivity index (χ3n) is 4.09. The van der Waals surface area contributed by atoms with Gasteiger partial charge >= 0.3 is 0 Å². The lowest BCUT2D eigenvalue weighted by molar-refractivity contribution is 0.0605. The van der Waals surface area contributed by atoms with Crippen LogP contribution in [0.15, 0.2) is 12.4 Å². The Kier molecular flexibility index (Phi) is 12.5. The van der Waals surface area contributed by atoms with Gasteiger partial charge in [0.2, 0.25) is 0 Å². The lowest BCUT2D eigenvalue weighted by atomic mass is 10.5. The van der Waals surface area contributed by atoms with Crippen molar-refractivity contribution in [2.45, 2.75) is 24.6 Å². The first-order valence-electron chi connectivity index (χ1n) is 10.1. The van der Waals surface area contributed by atoms with Crippen molar-refractivity contribution < 1.29 is 9.47 Å². The second-order valence-electron chi connectivity index (χ2n) is 6.50. The zero-order valence-corrected chi connectivity index (χ0v) is 20.5. The van der Waals surface area contributed by atoms with Gasteiger partial charge in [-0.1, -0.05) is 10.4 Å². The number of fused-ring (bicyclic) bond motifs is 4. The van der Waals surface area contributed by atoms with Crippen LogP contribution in [-0.2, 0) is 34.1 Å². The second kappa shape index (κ2) is 15.4. The van der Waals surface area contributed by atoms with Crippen LogP contribution in [0.2, 0.25) is 0 Å². The molecule has 1 aliphatic heterocycles. The summed E-state index contributed by atoms with van der Waals surface area (Å²) >= 11 is 7.60. The molecule has 0 saturated carbocycles. The third kappa shape index (κ3) is 10.3. The van der Waals surface area contributed by atoms with Crippen molar-refractivity contribution in [3.63, 3.8) is 0 Å². The van der Waals surface area contributed by atoms with Crippen LogP contribution in [0.3, 0.4) is 0 Å². The SMILES string of the molecule is c1c2nnn1CCSCCSCCn1cc(nn1)CSCCOCCOCCSC2. The number of rotatable bonds is 0. The van der Waals surface area contributed by atoms with Crippen molar-refractivity contribution in [3.8, 4) is 0 Å². The highest BCUT2D eigenvalue weighted by molar-refractivity contribution is 8.02. The first kappa shape index (κ1) is 24.2. The Labute approximate surface area is 195 Å². The van der Waals surface area contributed by atoms with Gasteiger partial charge in [0.1, 0.15) is 0 Å². The van der Waals surface area contributed by atoms with E-state index in [1.54, 1.807) is 0 Å². The van der Waals surface area contributed by atoms with Crippen molar-refractivity contribution in [3.05, 3.63) is 23.8 Å². The van der Waals surface area contributed by atoms with Crippen LogP contribution in [0.25, 0.3) is 0 Å².